The molecule has 140 valence electrons. The van der Waals surface area contributed by atoms with Crippen LogP contribution in [0.25, 0.3) is 0 Å². The van der Waals surface area contributed by atoms with Crippen molar-refractivity contribution in [2.45, 2.75) is 66.2 Å². The minimum Gasteiger partial charge on any atom is -0.444 e. The molecule has 0 fully saturated rings. The first-order valence-corrected chi connectivity index (χ1v) is 8.96. The molecule has 0 saturated carbocycles. The molecular weight excluding hydrogens is 316 g/mol. The normalized spacial score (nSPS) is 12.6. The number of nitrogens with zero attached hydrogens (tertiary/aromatic N) is 1. The van der Waals surface area contributed by atoms with Gasteiger partial charge in [0.05, 0.1) is 0 Å². The molecule has 0 heterocycles. The van der Waals surface area contributed by atoms with Gasteiger partial charge in [-0.25, -0.2) is 4.79 Å². The van der Waals surface area contributed by atoms with Crippen LogP contribution in [-0.2, 0) is 16.1 Å². The van der Waals surface area contributed by atoms with Crippen molar-refractivity contribution in [2.75, 3.05) is 6.54 Å². The molecular formula is C20H32N2O3. The Morgan fingerprint density at radius 1 is 1.16 bits per heavy atom. The van der Waals surface area contributed by atoms with Crippen molar-refractivity contribution in [3.05, 3.63) is 35.9 Å². The molecule has 1 aromatic carbocycles. The summed E-state index contributed by atoms with van der Waals surface area (Å²) in [7, 11) is 0. The SMILES string of the molecule is CCCN(Cc1ccccc1)C(=O)[C@H](NC(=O)OC(C)(C)C)C(C)C. The molecule has 0 spiro atoms. The van der Waals surface area contributed by atoms with Crippen molar-refractivity contribution < 1.29 is 14.3 Å². The Morgan fingerprint density at radius 2 is 1.76 bits per heavy atom. The maximum absolute atomic E-state index is 13.0. The van der Waals surface area contributed by atoms with Crippen LogP contribution in [0.3, 0.4) is 0 Å². The van der Waals surface area contributed by atoms with E-state index >= 15 is 0 Å². The Bertz CT molecular complexity index is 550. The van der Waals surface area contributed by atoms with Crippen LogP contribution in [0.1, 0.15) is 53.5 Å². The number of rotatable bonds is 7. The van der Waals surface area contributed by atoms with Gasteiger partial charge in [-0.2, -0.15) is 0 Å². The van der Waals surface area contributed by atoms with Gasteiger partial charge in [0.1, 0.15) is 11.6 Å². The van der Waals surface area contributed by atoms with Crippen molar-refractivity contribution in [3.63, 3.8) is 0 Å². The van der Waals surface area contributed by atoms with Gasteiger partial charge >= 0.3 is 6.09 Å². The monoisotopic (exact) mass is 348 g/mol. The Balaban J connectivity index is 2.87. The highest BCUT2D eigenvalue weighted by Gasteiger charge is 2.30. The van der Waals surface area contributed by atoms with Crippen LogP contribution in [0.4, 0.5) is 4.79 Å². The smallest absolute Gasteiger partial charge is 0.408 e. The number of carbonyl (C=O) groups is 2. The van der Waals surface area contributed by atoms with Crippen molar-refractivity contribution in [3.8, 4) is 0 Å². The summed E-state index contributed by atoms with van der Waals surface area (Å²) in [5, 5.41) is 2.75. The lowest BCUT2D eigenvalue weighted by molar-refractivity contribution is -0.135. The molecule has 0 aliphatic carbocycles. The van der Waals surface area contributed by atoms with E-state index in [9.17, 15) is 9.59 Å². The molecule has 0 aromatic heterocycles. The summed E-state index contributed by atoms with van der Waals surface area (Å²) in [5.74, 6) is -0.110. The van der Waals surface area contributed by atoms with Crippen LogP contribution >= 0.6 is 0 Å². The third-order valence-corrected chi connectivity index (χ3v) is 3.63. The summed E-state index contributed by atoms with van der Waals surface area (Å²) in [6, 6.07) is 9.27. The molecule has 0 aliphatic heterocycles. The largest absolute Gasteiger partial charge is 0.444 e. The molecule has 0 saturated heterocycles. The maximum atomic E-state index is 13.0. The number of benzene rings is 1. The van der Waals surface area contributed by atoms with E-state index in [0.717, 1.165) is 12.0 Å². The first-order chi connectivity index (χ1) is 11.6. The van der Waals surface area contributed by atoms with Crippen LogP contribution in [0.5, 0.6) is 0 Å². The summed E-state index contributed by atoms with van der Waals surface area (Å²) in [5.41, 5.74) is 0.478. The van der Waals surface area contributed by atoms with E-state index in [1.807, 2.05) is 51.1 Å². The number of amides is 2. The second-order valence-corrected chi connectivity index (χ2v) is 7.61. The quantitative estimate of drug-likeness (QED) is 0.811. The summed E-state index contributed by atoms with van der Waals surface area (Å²) in [6.07, 6.45) is 0.297. The van der Waals surface area contributed by atoms with Crippen molar-refractivity contribution in [1.82, 2.24) is 10.2 Å². The zero-order valence-electron chi connectivity index (χ0n) is 16.3. The van der Waals surface area contributed by atoms with Gasteiger partial charge in [0.2, 0.25) is 5.91 Å². The molecule has 2 amide bonds. The van der Waals surface area contributed by atoms with Crippen LogP contribution < -0.4 is 5.32 Å². The van der Waals surface area contributed by atoms with Gasteiger partial charge in [0, 0.05) is 13.1 Å². The van der Waals surface area contributed by atoms with Crippen molar-refractivity contribution in [2.24, 2.45) is 5.92 Å². The van der Waals surface area contributed by atoms with Crippen LogP contribution in [-0.4, -0.2) is 35.1 Å². The topological polar surface area (TPSA) is 58.6 Å². The molecule has 1 N–H and O–H groups in total. The maximum Gasteiger partial charge on any atom is 0.408 e. The molecule has 0 aliphatic rings. The van der Waals surface area contributed by atoms with E-state index in [-0.39, 0.29) is 11.8 Å². The number of nitrogens with one attached hydrogen (secondary N) is 1. The highest BCUT2D eigenvalue weighted by molar-refractivity contribution is 5.86. The van der Waals surface area contributed by atoms with Crippen molar-refractivity contribution in [1.29, 1.82) is 0 Å². The molecule has 0 unspecified atom stereocenters. The molecule has 25 heavy (non-hydrogen) atoms. The number of hydrogen-bond acceptors (Lipinski definition) is 3. The van der Waals surface area contributed by atoms with Crippen LogP contribution in [0.15, 0.2) is 30.3 Å². The lowest BCUT2D eigenvalue weighted by atomic mass is 10.0. The Labute approximate surface area is 151 Å². The van der Waals surface area contributed by atoms with Crippen LogP contribution in [0, 0.1) is 5.92 Å². The van der Waals surface area contributed by atoms with Gasteiger partial charge in [-0.1, -0.05) is 51.1 Å². The zero-order chi connectivity index (χ0) is 19.0. The second-order valence-electron chi connectivity index (χ2n) is 7.61. The molecule has 5 heteroatoms. The number of ether oxygens (including phenoxy) is 1. The zero-order valence-corrected chi connectivity index (χ0v) is 16.3. The summed E-state index contributed by atoms with van der Waals surface area (Å²) in [4.78, 5) is 27.0. The molecule has 0 radical (unpaired) electrons. The first kappa shape index (κ1) is 21.0. The van der Waals surface area contributed by atoms with E-state index in [4.69, 9.17) is 4.74 Å². The summed E-state index contributed by atoms with van der Waals surface area (Å²) in [6.45, 7) is 12.5. The third-order valence-electron chi connectivity index (χ3n) is 3.63. The van der Waals surface area contributed by atoms with Crippen LogP contribution in [0.2, 0.25) is 0 Å². The van der Waals surface area contributed by atoms with E-state index in [2.05, 4.69) is 5.32 Å². The Hall–Kier alpha value is -2.04. The molecule has 1 aromatic rings. The van der Waals surface area contributed by atoms with Gasteiger partial charge in [-0.3, -0.25) is 4.79 Å². The fourth-order valence-electron chi connectivity index (χ4n) is 2.49. The standard InChI is InChI=1S/C20H32N2O3/c1-7-13-22(14-16-11-9-8-10-12-16)18(23)17(15(2)3)21-19(24)25-20(4,5)6/h8-12,15,17H,7,13-14H2,1-6H3,(H,21,24)/t17-/m1/s1. The highest BCUT2D eigenvalue weighted by Crippen LogP contribution is 2.13. The summed E-state index contributed by atoms with van der Waals surface area (Å²) < 4.78 is 5.31. The Morgan fingerprint density at radius 3 is 2.24 bits per heavy atom. The highest BCUT2D eigenvalue weighted by atomic mass is 16.6. The van der Waals surface area contributed by atoms with Gasteiger partial charge in [0.15, 0.2) is 0 Å². The van der Waals surface area contributed by atoms with Crippen molar-refractivity contribution >= 4 is 12.0 Å². The van der Waals surface area contributed by atoms with E-state index in [1.54, 1.807) is 25.7 Å². The average molecular weight is 348 g/mol. The fraction of sp³-hybridized carbons (Fsp3) is 0.600. The summed E-state index contributed by atoms with van der Waals surface area (Å²) >= 11 is 0. The lowest BCUT2D eigenvalue weighted by Crippen LogP contribution is -2.52. The lowest BCUT2D eigenvalue weighted by Gasteiger charge is -2.30. The minimum absolute atomic E-state index is 0.0323. The van der Waals surface area contributed by atoms with E-state index in [0.29, 0.717) is 13.1 Å². The third kappa shape index (κ3) is 7.59. The molecule has 5 nitrogen and oxygen atoms in total. The van der Waals surface area contributed by atoms with E-state index in [1.165, 1.54) is 0 Å². The predicted octanol–water partition coefficient (Wildman–Crippen LogP) is 3.97. The number of hydrogen-bond donors (Lipinski definition) is 1. The van der Waals surface area contributed by atoms with Gasteiger partial charge in [0.25, 0.3) is 0 Å². The number of carbonyl (C=O) groups excluding carboxylic acids is 2. The number of alkyl carbamates (subject to hydrolysis) is 1. The predicted molar refractivity (Wildman–Crippen MR) is 100 cm³/mol. The van der Waals surface area contributed by atoms with Gasteiger partial charge in [-0.05, 0) is 38.7 Å². The second kappa shape index (κ2) is 9.44. The Kier molecular flexibility index (Phi) is 7.94. The fourth-order valence-corrected chi connectivity index (χ4v) is 2.49. The van der Waals surface area contributed by atoms with Gasteiger partial charge < -0.3 is 15.0 Å². The van der Waals surface area contributed by atoms with Gasteiger partial charge in [-0.15, -0.1) is 0 Å². The van der Waals surface area contributed by atoms with E-state index < -0.39 is 17.7 Å². The molecule has 0 bridgehead atoms. The average Bonchev–Trinajstić information content (AvgIpc) is 2.50. The minimum atomic E-state index is -0.606. The molecule has 1 rings (SSSR count). The molecule has 1 atom stereocenters. The first-order valence-electron chi connectivity index (χ1n) is 8.96.